The first-order valence-electron chi connectivity index (χ1n) is 4.24. The Bertz CT molecular complexity index is 227. The van der Waals surface area contributed by atoms with E-state index in [2.05, 4.69) is 4.74 Å². The molecule has 0 saturated carbocycles. The van der Waals surface area contributed by atoms with Gasteiger partial charge >= 0.3 is 5.97 Å². The average molecular weight is 188 g/mol. The molecule has 0 radical (unpaired) electrons. The van der Waals surface area contributed by atoms with E-state index in [1.807, 2.05) is 0 Å². The molecule has 0 aliphatic carbocycles. The zero-order valence-corrected chi connectivity index (χ0v) is 7.21. The fraction of sp³-hybridized carbons (Fsp3) is 0.875. The molecule has 0 aromatic carbocycles. The number of hydrogen-bond acceptors (Lipinski definition) is 5. The first-order valence-corrected chi connectivity index (χ1v) is 4.24. The van der Waals surface area contributed by atoms with Crippen LogP contribution in [0.2, 0.25) is 0 Å². The van der Waals surface area contributed by atoms with Crippen molar-refractivity contribution in [2.45, 2.75) is 30.8 Å². The lowest BCUT2D eigenvalue weighted by Crippen LogP contribution is -2.44. The molecule has 0 spiro atoms. The SMILES string of the molecule is COC(=O)C1CC2OC1C(O)C2O. The number of ether oxygens (including phenoxy) is 2. The molecule has 2 bridgehead atoms. The van der Waals surface area contributed by atoms with Gasteiger partial charge in [-0.05, 0) is 6.42 Å². The highest BCUT2D eigenvalue weighted by atomic mass is 16.6. The summed E-state index contributed by atoms with van der Waals surface area (Å²) in [4.78, 5) is 11.2. The smallest absolute Gasteiger partial charge is 0.311 e. The molecule has 5 heteroatoms. The molecule has 0 amide bonds. The van der Waals surface area contributed by atoms with E-state index >= 15 is 0 Å². The largest absolute Gasteiger partial charge is 0.469 e. The van der Waals surface area contributed by atoms with E-state index in [1.54, 1.807) is 0 Å². The minimum atomic E-state index is -0.956. The number of carbonyl (C=O) groups is 1. The van der Waals surface area contributed by atoms with E-state index in [0.717, 1.165) is 0 Å². The highest BCUT2D eigenvalue weighted by molar-refractivity contribution is 5.73. The van der Waals surface area contributed by atoms with Crippen LogP contribution in [0.1, 0.15) is 6.42 Å². The molecule has 13 heavy (non-hydrogen) atoms. The van der Waals surface area contributed by atoms with Crippen LogP contribution in [0.25, 0.3) is 0 Å². The number of carbonyl (C=O) groups excluding carboxylic acids is 1. The van der Waals surface area contributed by atoms with Crippen LogP contribution < -0.4 is 0 Å². The van der Waals surface area contributed by atoms with Gasteiger partial charge in [-0.2, -0.15) is 0 Å². The number of fused-ring (bicyclic) bond motifs is 2. The van der Waals surface area contributed by atoms with Crippen LogP contribution in [0, 0.1) is 5.92 Å². The van der Waals surface area contributed by atoms with Gasteiger partial charge < -0.3 is 19.7 Å². The molecule has 2 aliphatic heterocycles. The molecule has 2 N–H and O–H groups in total. The van der Waals surface area contributed by atoms with Crippen molar-refractivity contribution >= 4 is 5.97 Å². The Morgan fingerprint density at radius 3 is 2.62 bits per heavy atom. The molecule has 0 aromatic rings. The molecule has 0 aromatic heterocycles. The van der Waals surface area contributed by atoms with Crippen LogP contribution in [0.5, 0.6) is 0 Å². The summed E-state index contributed by atoms with van der Waals surface area (Å²) in [6.45, 7) is 0. The third-order valence-corrected chi connectivity index (χ3v) is 2.79. The molecule has 2 rings (SSSR count). The van der Waals surface area contributed by atoms with Crippen molar-refractivity contribution in [3.8, 4) is 0 Å². The Morgan fingerprint density at radius 1 is 1.46 bits per heavy atom. The van der Waals surface area contributed by atoms with Gasteiger partial charge in [0.25, 0.3) is 0 Å². The minimum Gasteiger partial charge on any atom is -0.469 e. The van der Waals surface area contributed by atoms with E-state index in [1.165, 1.54) is 7.11 Å². The van der Waals surface area contributed by atoms with Crippen molar-refractivity contribution in [2.75, 3.05) is 7.11 Å². The zero-order valence-electron chi connectivity index (χ0n) is 7.21. The molecular formula is C8H12O5. The maximum absolute atomic E-state index is 11.2. The quantitative estimate of drug-likeness (QED) is 0.498. The predicted molar refractivity (Wildman–Crippen MR) is 40.8 cm³/mol. The summed E-state index contributed by atoms with van der Waals surface area (Å²) in [5, 5.41) is 18.8. The third kappa shape index (κ3) is 1.15. The van der Waals surface area contributed by atoms with Crippen molar-refractivity contribution < 1.29 is 24.5 Å². The fourth-order valence-electron chi connectivity index (χ4n) is 2.07. The van der Waals surface area contributed by atoms with E-state index in [9.17, 15) is 15.0 Å². The van der Waals surface area contributed by atoms with E-state index < -0.39 is 30.3 Å². The second kappa shape index (κ2) is 2.94. The second-order valence-electron chi connectivity index (χ2n) is 3.49. The summed E-state index contributed by atoms with van der Waals surface area (Å²) in [7, 11) is 1.30. The molecular weight excluding hydrogens is 176 g/mol. The van der Waals surface area contributed by atoms with Gasteiger partial charge in [-0.15, -0.1) is 0 Å². The van der Waals surface area contributed by atoms with Gasteiger partial charge in [-0.25, -0.2) is 0 Å². The monoisotopic (exact) mass is 188 g/mol. The highest BCUT2D eigenvalue weighted by Gasteiger charge is 2.55. The third-order valence-electron chi connectivity index (χ3n) is 2.79. The topological polar surface area (TPSA) is 76.0 Å². The Hall–Kier alpha value is -0.650. The number of rotatable bonds is 1. The van der Waals surface area contributed by atoms with Crippen molar-refractivity contribution in [1.29, 1.82) is 0 Å². The van der Waals surface area contributed by atoms with Crippen molar-refractivity contribution in [2.24, 2.45) is 5.92 Å². The lowest BCUT2D eigenvalue weighted by molar-refractivity contribution is -0.149. The highest BCUT2D eigenvalue weighted by Crippen LogP contribution is 2.39. The number of aliphatic hydroxyl groups is 2. The molecule has 2 saturated heterocycles. The molecule has 5 nitrogen and oxygen atoms in total. The summed E-state index contributed by atoms with van der Waals surface area (Å²) in [6.07, 6.45) is -2.37. The standard InChI is InChI=1S/C8H12O5/c1-12-8(11)3-2-4-5(9)6(10)7(3)13-4/h3-7,9-10H,2H2,1H3. The second-order valence-corrected chi connectivity index (χ2v) is 3.49. The number of aliphatic hydroxyl groups excluding tert-OH is 2. The van der Waals surface area contributed by atoms with Gasteiger partial charge in [-0.1, -0.05) is 0 Å². The molecule has 2 aliphatic rings. The lowest BCUT2D eigenvalue weighted by Gasteiger charge is -2.24. The summed E-state index contributed by atoms with van der Waals surface area (Å²) >= 11 is 0. The molecule has 5 atom stereocenters. The van der Waals surface area contributed by atoms with Gasteiger partial charge in [0.2, 0.25) is 0 Å². The first kappa shape index (κ1) is 8.93. The lowest BCUT2D eigenvalue weighted by atomic mass is 9.85. The van der Waals surface area contributed by atoms with Gasteiger partial charge in [-0.3, -0.25) is 4.79 Å². The Balaban J connectivity index is 2.10. The molecule has 74 valence electrons. The summed E-state index contributed by atoms with van der Waals surface area (Å²) < 4.78 is 9.79. The number of hydrogen-bond donors (Lipinski definition) is 2. The van der Waals surface area contributed by atoms with E-state index in [4.69, 9.17) is 4.74 Å². The zero-order chi connectivity index (χ0) is 9.59. The van der Waals surface area contributed by atoms with Gasteiger partial charge in [0, 0.05) is 0 Å². The van der Waals surface area contributed by atoms with Crippen molar-refractivity contribution in [3.05, 3.63) is 0 Å². The fourth-order valence-corrected chi connectivity index (χ4v) is 2.07. The van der Waals surface area contributed by atoms with Crippen LogP contribution in [0.4, 0.5) is 0 Å². The molecule has 2 heterocycles. The Labute approximate surface area is 75.3 Å². The summed E-state index contributed by atoms with van der Waals surface area (Å²) in [5.41, 5.74) is 0. The normalized spacial score (nSPS) is 48.1. The molecule has 2 fully saturated rings. The Morgan fingerprint density at radius 2 is 2.15 bits per heavy atom. The Kier molecular flexibility index (Phi) is 2.02. The maximum atomic E-state index is 11.2. The van der Waals surface area contributed by atoms with Crippen LogP contribution in [0.3, 0.4) is 0 Å². The van der Waals surface area contributed by atoms with Crippen LogP contribution >= 0.6 is 0 Å². The maximum Gasteiger partial charge on any atom is 0.311 e. The summed E-state index contributed by atoms with van der Waals surface area (Å²) in [5.74, 6) is -0.799. The first-order chi connectivity index (χ1) is 6.15. The van der Waals surface area contributed by atoms with Gasteiger partial charge in [0.1, 0.15) is 12.2 Å². The van der Waals surface area contributed by atoms with Crippen LogP contribution in [-0.4, -0.2) is 47.7 Å². The summed E-state index contributed by atoms with van der Waals surface area (Å²) in [6, 6.07) is 0. The van der Waals surface area contributed by atoms with Gasteiger partial charge in [0.05, 0.1) is 25.2 Å². The van der Waals surface area contributed by atoms with Crippen LogP contribution in [-0.2, 0) is 14.3 Å². The number of esters is 1. The predicted octanol–water partition coefficient (Wildman–Crippen LogP) is -1.33. The number of methoxy groups -OCH3 is 1. The van der Waals surface area contributed by atoms with E-state index in [0.29, 0.717) is 6.42 Å². The molecule has 5 unspecified atom stereocenters. The average Bonchev–Trinajstić information content (AvgIpc) is 2.67. The van der Waals surface area contributed by atoms with Crippen LogP contribution in [0.15, 0.2) is 0 Å². The van der Waals surface area contributed by atoms with Gasteiger partial charge in [0.15, 0.2) is 0 Å². The van der Waals surface area contributed by atoms with Crippen molar-refractivity contribution in [3.63, 3.8) is 0 Å². The van der Waals surface area contributed by atoms with E-state index in [-0.39, 0.29) is 5.97 Å². The van der Waals surface area contributed by atoms with Crippen molar-refractivity contribution in [1.82, 2.24) is 0 Å². The minimum absolute atomic E-state index is 0.376.